The molecule has 3 heteroatoms. The van der Waals surface area contributed by atoms with Crippen LogP contribution < -0.4 is 0 Å². The van der Waals surface area contributed by atoms with Crippen molar-refractivity contribution in [1.82, 2.24) is 0 Å². The van der Waals surface area contributed by atoms with Crippen molar-refractivity contribution >= 4 is 17.7 Å². The van der Waals surface area contributed by atoms with E-state index in [4.69, 9.17) is 21.8 Å². The van der Waals surface area contributed by atoms with Gasteiger partial charge in [0, 0.05) is 5.88 Å². The molecule has 0 aliphatic carbocycles. The van der Waals surface area contributed by atoms with Gasteiger partial charge in [0.2, 0.25) is 6.08 Å². The zero-order valence-corrected chi connectivity index (χ0v) is 7.24. The minimum atomic E-state index is 0.750. The van der Waals surface area contributed by atoms with Crippen molar-refractivity contribution in [1.29, 1.82) is 5.41 Å². The zero-order chi connectivity index (χ0) is 8.41. The molecule has 0 radical (unpaired) electrons. The lowest BCUT2D eigenvalue weighted by Crippen LogP contribution is -1.85. The smallest absolute Gasteiger partial charge is 0.222 e. The number of hydrogen-bond acceptors (Lipinski definition) is 2. The Bertz CT molecular complexity index is 87.6. The standard InChI is InChI=1S/C6H13Cl.CHNO/c1-6(2)4-3-5-7;2-1-3/h6H,3-5H2,1-2H3;2H. The summed E-state index contributed by atoms with van der Waals surface area (Å²) in [4.78, 5) is 8.35. The van der Waals surface area contributed by atoms with Crippen LogP contribution in [0, 0.1) is 11.3 Å². The van der Waals surface area contributed by atoms with Crippen LogP contribution in [0.3, 0.4) is 0 Å². The summed E-state index contributed by atoms with van der Waals surface area (Å²) in [6.45, 7) is 4.43. The molecule has 0 saturated heterocycles. The zero-order valence-electron chi connectivity index (χ0n) is 6.48. The monoisotopic (exact) mass is 163 g/mol. The maximum absolute atomic E-state index is 8.35. The average molecular weight is 164 g/mol. The molecular formula is C7H14ClNO. The predicted molar refractivity (Wildman–Crippen MR) is 43.2 cm³/mol. The van der Waals surface area contributed by atoms with E-state index in [1.165, 1.54) is 12.8 Å². The molecule has 10 heavy (non-hydrogen) atoms. The molecule has 0 spiro atoms. The number of rotatable bonds is 3. The average Bonchev–Trinajstić information content (AvgIpc) is 1.85. The Hall–Kier alpha value is -0.330. The number of nitrogens with one attached hydrogen (secondary N) is 1. The second-order valence-corrected chi connectivity index (χ2v) is 2.71. The van der Waals surface area contributed by atoms with E-state index in [9.17, 15) is 0 Å². The van der Waals surface area contributed by atoms with Gasteiger partial charge >= 0.3 is 0 Å². The topological polar surface area (TPSA) is 40.9 Å². The van der Waals surface area contributed by atoms with Crippen molar-refractivity contribution in [3.63, 3.8) is 0 Å². The molecule has 0 aromatic carbocycles. The molecule has 0 aromatic rings. The van der Waals surface area contributed by atoms with Gasteiger partial charge in [-0.3, -0.25) is 0 Å². The minimum absolute atomic E-state index is 0.750. The molecule has 0 heterocycles. The number of isocyanates is 1. The molecule has 0 bridgehead atoms. The van der Waals surface area contributed by atoms with Gasteiger partial charge in [-0.05, 0) is 18.8 Å². The van der Waals surface area contributed by atoms with Crippen molar-refractivity contribution < 1.29 is 4.79 Å². The van der Waals surface area contributed by atoms with E-state index in [2.05, 4.69) is 13.8 Å². The molecule has 0 atom stereocenters. The van der Waals surface area contributed by atoms with Gasteiger partial charge in [0.15, 0.2) is 0 Å². The first-order valence-corrected chi connectivity index (χ1v) is 3.82. The van der Waals surface area contributed by atoms with Crippen molar-refractivity contribution in [2.75, 3.05) is 5.88 Å². The summed E-state index contributed by atoms with van der Waals surface area (Å²) in [5.41, 5.74) is 0. The second kappa shape index (κ2) is 11.5. The number of alkyl halides is 1. The maximum atomic E-state index is 8.35. The van der Waals surface area contributed by atoms with Crippen LogP contribution >= 0.6 is 11.6 Å². The van der Waals surface area contributed by atoms with Crippen LogP contribution in [0.4, 0.5) is 0 Å². The lowest BCUT2D eigenvalue weighted by Gasteiger charge is -1.98. The molecule has 0 amide bonds. The molecule has 60 valence electrons. The lowest BCUT2D eigenvalue weighted by atomic mass is 10.1. The summed E-state index contributed by atoms with van der Waals surface area (Å²) in [6.07, 6.45) is 3.18. The first-order valence-electron chi connectivity index (χ1n) is 3.28. The van der Waals surface area contributed by atoms with Gasteiger partial charge in [0.05, 0.1) is 0 Å². The van der Waals surface area contributed by atoms with Crippen molar-refractivity contribution in [2.24, 2.45) is 5.92 Å². The second-order valence-electron chi connectivity index (χ2n) is 2.33. The van der Waals surface area contributed by atoms with Crippen LogP contribution in [0.2, 0.25) is 0 Å². The highest BCUT2D eigenvalue weighted by molar-refractivity contribution is 6.17. The van der Waals surface area contributed by atoms with Crippen LogP contribution in [-0.4, -0.2) is 12.0 Å². The van der Waals surface area contributed by atoms with E-state index in [1.54, 1.807) is 0 Å². The van der Waals surface area contributed by atoms with Crippen LogP contribution in [0.1, 0.15) is 26.7 Å². The van der Waals surface area contributed by atoms with Gasteiger partial charge in [-0.1, -0.05) is 13.8 Å². The lowest BCUT2D eigenvalue weighted by molar-refractivity contribution is 0.563. The van der Waals surface area contributed by atoms with Crippen LogP contribution in [-0.2, 0) is 4.79 Å². The largest absolute Gasteiger partial charge is 0.231 e. The third-order valence-corrected chi connectivity index (χ3v) is 1.18. The fourth-order valence-electron chi connectivity index (χ4n) is 0.485. The van der Waals surface area contributed by atoms with Crippen molar-refractivity contribution in [2.45, 2.75) is 26.7 Å². The SMILES string of the molecule is CC(C)CCCCl.N=C=O. The molecule has 2 nitrogen and oxygen atoms in total. The first-order chi connectivity index (χ1) is 4.68. The Morgan fingerprint density at radius 1 is 1.60 bits per heavy atom. The Kier molecular flexibility index (Phi) is 14.2. The van der Waals surface area contributed by atoms with Gasteiger partial charge in [0.25, 0.3) is 0 Å². The summed E-state index contributed by atoms with van der Waals surface area (Å²) in [5.74, 6) is 1.64. The Morgan fingerprint density at radius 3 is 2.10 bits per heavy atom. The summed E-state index contributed by atoms with van der Waals surface area (Å²) < 4.78 is 0. The van der Waals surface area contributed by atoms with Crippen LogP contribution in [0.5, 0.6) is 0 Å². The van der Waals surface area contributed by atoms with Gasteiger partial charge in [-0.2, -0.15) is 0 Å². The summed E-state index contributed by atoms with van der Waals surface area (Å²) in [7, 11) is 0. The molecule has 0 aromatic heterocycles. The van der Waals surface area contributed by atoms with E-state index in [-0.39, 0.29) is 0 Å². The Balaban J connectivity index is 0. The highest BCUT2D eigenvalue weighted by Gasteiger charge is 1.89. The van der Waals surface area contributed by atoms with E-state index >= 15 is 0 Å². The molecular weight excluding hydrogens is 150 g/mol. The minimum Gasteiger partial charge on any atom is -0.222 e. The van der Waals surface area contributed by atoms with E-state index in [1.807, 2.05) is 0 Å². The third-order valence-electron chi connectivity index (χ3n) is 0.915. The first kappa shape index (κ1) is 12.4. The fraction of sp³-hybridized carbons (Fsp3) is 0.857. The normalized spacial score (nSPS) is 8.00. The molecule has 0 unspecified atom stereocenters. The van der Waals surface area contributed by atoms with Gasteiger partial charge < -0.3 is 0 Å². The molecule has 0 aliphatic heterocycles. The maximum Gasteiger partial charge on any atom is 0.231 e. The van der Waals surface area contributed by atoms with Gasteiger partial charge in [-0.15, -0.1) is 11.6 Å². The van der Waals surface area contributed by atoms with Crippen molar-refractivity contribution in [3.8, 4) is 0 Å². The molecule has 0 rings (SSSR count). The van der Waals surface area contributed by atoms with E-state index < -0.39 is 0 Å². The van der Waals surface area contributed by atoms with Gasteiger partial charge in [0.1, 0.15) is 0 Å². The molecule has 0 saturated carbocycles. The number of carbonyl (C=O) groups excluding carboxylic acids is 1. The predicted octanol–water partition coefficient (Wildman–Crippen LogP) is 2.56. The molecule has 0 fully saturated rings. The number of hydrogen-bond donors (Lipinski definition) is 1. The third kappa shape index (κ3) is 25.3. The van der Waals surface area contributed by atoms with Crippen LogP contribution in [0.25, 0.3) is 0 Å². The Morgan fingerprint density at radius 2 is 2.00 bits per heavy atom. The molecule has 1 N–H and O–H groups in total. The summed E-state index contributed by atoms with van der Waals surface area (Å²) in [5, 5.41) is 5.40. The summed E-state index contributed by atoms with van der Waals surface area (Å²) in [6, 6.07) is 0. The highest BCUT2D eigenvalue weighted by Crippen LogP contribution is 2.03. The van der Waals surface area contributed by atoms with Gasteiger partial charge in [-0.25, -0.2) is 10.2 Å². The Labute approximate surface area is 67.1 Å². The van der Waals surface area contributed by atoms with E-state index in [0.29, 0.717) is 0 Å². The molecule has 0 aliphatic rings. The fourth-order valence-corrected chi connectivity index (χ4v) is 0.640. The van der Waals surface area contributed by atoms with E-state index in [0.717, 1.165) is 17.9 Å². The highest BCUT2D eigenvalue weighted by atomic mass is 35.5. The summed E-state index contributed by atoms with van der Waals surface area (Å²) >= 11 is 5.45. The quantitative estimate of drug-likeness (QED) is 0.388. The van der Waals surface area contributed by atoms with Crippen LogP contribution in [0.15, 0.2) is 0 Å². The number of halogens is 1. The van der Waals surface area contributed by atoms with Crippen molar-refractivity contribution in [3.05, 3.63) is 0 Å².